The number of hydrogen-bond donors (Lipinski definition) is 1. The van der Waals surface area contributed by atoms with Crippen molar-refractivity contribution < 1.29 is 4.79 Å². The molecule has 2 aromatic carbocycles. The van der Waals surface area contributed by atoms with Crippen LogP contribution in [0.2, 0.25) is 10.0 Å². The Hall–Kier alpha value is -2.04. The zero-order valence-corrected chi connectivity index (χ0v) is 13.3. The van der Waals surface area contributed by atoms with Gasteiger partial charge in [0.05, 0.1) is 27.3 Å². The van der Waals surface area contributed by atoms with E-state index in [-0.39, 0.29) is 5.91 Å². The number of halogens is 2. The number of rotatable bonds is 3. The number of aromatic amines is 1. The van der Waals surface area contributed by atoms with Gasteiger partial charge in [0.1, 0.15) is 0 Å². The standard InChI is InChI=1S/C16H13Cl2N3O/c1-21(9-10-5-6-13(17)14(18)7-10)16(22)12-4-2-3-11-8-19-20-15(11)12/h2-8H,9H2,1H3,(H,19,20). The van der Waals surface area contributed by atoms with Crippen LogP contribution in [0.4, 0.5) is 0 Å². The van der Waals surface area contributed by atoms with E-state index in [1.54, 1.807) is 36.3 Å². The molecule has 0 radical (unpaired) electrons. The maximum atomic E-state index is 12.6. The zero-order valence-electron chi connectivity index (χ0n) is 11.8. The lowest BCUT2D eigenvalue weighted by Gasteiger charge is -2.18. The highest BCUT2D eigenvalue weighted by Gasteiger charge is 2.16. The largest absolute Gasteiger partial charge is 0.337 e. The quantitative estimate of drug-likeness (QED) is 0.782. The van der Waals surface area contributed by atoms with Gasteiger partial charge >= 0.3 is 0 Å². The van der Waals surface area contributed by atoms with Gasteiger partial charge in [-0.3, -0.25) is 9.89 Å². The van der Waals surface area contributed by atoms with E-state index in [0.717, 1.165) is 16.5 Å². The highest BCUT2D eigenvalue weighted by atomic mass is 35.5. The van der Waals surface area contributed by atoms with Crippen LogP contribution < -0.4 is 0 Å². The number of aromatic nitrogens is 2. The number of H-pyrrole nitrogens is 1. The highest BCUT2D eigenvalue weighted by molar-refractivity contribution is 6.42. The number of benzene rings is 2. The summed E-state index contributed by atoms with van der Waals surface area (Å²) in [5.41, 5.74) is 2.26. The van der Waals surface area contributed by atoms with E-state index in [9.17, 15) is 4.79 Å². The molecule has 3 aromatic rings. The second kappa shape index (κ2) is 5.99. The topological polar surface area (TPSA) is 49.0 Å². The molecule has 22 heavy (non-hydrogen) atoms. The molecule has 0 bridgehead atoms. The Morgan fingerprint density at radius 1 is 1.23 bits per heavy atom. The molecule has 1 aromatic heterocycles. The van der Waals surface area contributed by atoms with Crippen molar-refractivity contribution in [3.63, 3.8) is 0 Å². The molecule has 1 heterocycles. The number of fused-ring (bicyclic) bond motifs is 1. The molecule has 0 fully saturated rings. The number of amides is 1. The molecule has 0 aliphatic heterocycles. The first-order valence-corrected chi connectivity index (χ1v) is 7.43. The maximum Gasteiger partial charge on any atom is 0.256 e. The van der Waals surface area contributed by atoms with Crippen LogP contribution in [0.5, 0.6) is 0 Å². The Labute approximate surface area is 137 Å². The average Bonchev–Trinajstić information content (AvgIpc) is 2.98. The summed E-state index contributed by atoms with van der Waals surface area (Å²) in [7, 11) is 1.75. The summed E-state index contributed by atoms with van der Waals surface area (Å²) >= 11 is 11.9. The van der Waals surface area contributed by atoms with Crippen molar-refractivity contribution in [2.24, 2.45) is 0 Å². The first-order valence-electron chi connectivity index (χ1n) is 6.68. The smallest absolute Gasteiger partial charge is 0.256 e. The van der Waals surface area contributed by atoms with Gasteiger partial charge in [0.15, 0.2) is 0 Å². The number of carbonyl (C=O) groups excluding carboxylic acids is 1. The van der Waals surface area contributed by atoms with Crippen LogP contribution in [0.15, 0.2) is 42.6 Å². The molecule has 1 N–H and O–H groups in total. The summed E-state index contributed by atoms with van der Waals surface area (Å²) in [4.78, 5) is 14.3. The summed E-state index contributed by atoms with van der Waals surface area (Å²) in [5, 5.41) is 8.74. The molecule has 0 atom stereocenters. The molecular weight excluding hydrogens is 321 g/mol. The molecule has 0 saturated carbocycles. The van der Waals surface area contributed by atoms with Gasteiger partial charge in [0, 0.05) is 19.0 Å². The van der Waals surface area contributed by atoms with Gasteiger partial charge in [-0.25, -0.2) is 0 Å². The predicted molar refractivity (Wildman–Crippen MR) is 88.4 cm³/mol. The van der Waals surface area contributed by atoms with Crippen molar-refractivity contribution in [2.45, 2.75) is 6.54 Å². The number of para-hydroxylation sites is 1. The number of nitrogens with zero attached hydrogens (tertiary/aromatic N) is 2. The molecule has 0 saturated heterocycles. The first kappa shape index (κ1) is 14.9. The van der Waals surface area contributed by atoms with E-state index >= 15 is 0 Å². The van der Waals surface area contributed by atoms with Crippen LogP contribution in [-0.4, -0.2) is 28.1 Å². The van der Waals surface area contributed by atoms with Gasteiger partial charge in [-0.05, 0) is 23.8 Å². The van der Waals surface area contributed by atoms with Gasteiger partial charge in [0.25, 0.3) is 5.91 Å². The van der Waals surface area contributed by atoms with Crippen LogP contribution in [-0.2, 0) is 6.54 Å². The molecule has 4 nitrogen and oxygen atoms in total. The minimum atomic E-state index is -0.0825. The molecule has 0 unspecified atom stereocenters. The van der Waals surface area contributed by atoms with Gasteiger partial charge in [0.2, 0.25) is 0 Å². The van der Waals surface area contributed by atoms with Gasteiger partial charge in [-0.15, -0.1) is 0 Å². The van der Waals surface area contributed by atoms with E-state index in [0.29, 0.717) is 22.2 Å². The number of nitrogens with one attached hydrogen (secondary N) is 1. The van der Waals surface area contributed by atoms with Gasteiger partial charge < -0.3 is 4.90 Å². The lowest BCUT2D eigenvalue weighted by molar-refractivity contribution is 0.0787. The maximum absolute atomic E-state index is 12.6. The molecule has 0 spiro atoms. The van der Waals surface area contributed by atoms with Crippen LogP contribution in [0.25, 0.3) is 10.9 Å². The lowest BCUT2D eigenvalue weighted by atomic mass is 10.1. The SMILES string of the molecule is CN(Cc1ccc(Cl)c(Cl)c1)C(=O)c1cccc2cn[nH]c12. The van der Waals surface area contributed by atoms with E-state index in [1.165, 1.54) is 0 Å². The van der Waals surface area contributed by atoms with E-state index < -0.39 is 0 Å². The third-order valence-corrected chi connectivity index (χ3v) is 4.20. The van der Waals surface area contributed by atoms with Crippen molar-refractivity contribution in [3.8, 4) is 0 Å². The molecule has 0 aliphatic rings. The van der Waals surface area contributed by atoms with E-state index in [1.807, 2.05) is 18.2 Å². The van der Waals surface area contributed by atoms with Crippen molar-refractivity contribution in [2.75, 3.05) is 7.05 Å². The molecule has 0 aliphatic carbocycles. The van der Waals surface area contributed by atoms with E-state index in [4.69, 9.17) is 23.2 Å². The highest BCUT2D eigenvalue weighted by Crippen LogP contribution is 2.24. The Morgan fingerprint density at radius 2 is 2.05 bits per heavy atom. The van der Waals surface area contributed by atoms with Crippen LogP contribution in [0.1, 0.15) is 15.9 Å². The Morgan fingerprint density at radius 3 is 2.82 bits per heavy atom. The normalized spacial score (nSPS) is 10.9. The van der Waals surface area contributed by atoms with Gasteiger partial charge in [-0.1, -0.05) is 41.4 Å². The van der Waals surface area contributed by atoms with Crippen molar-refractivity contribution >= 4 is 40.0 Å². The molecular formula is C16H13Cl2N3O. The molecule has 1 amide bonds. The van der Waals surface area contributed by atoms with Gasteiger partial charge in [-0.2, -0.15) is 5.10 Å². The zero-order chi connectivity index (χ0) is 15.7. The number of carbonyl (C=O) groups is 1. The Bertz CT molecular complexity index is 844. The summed E-state index contributed by atoms with van der Waals surface area (Å²) in [6, 6.07) is 10.9. The third kappa shape index (κ3) is 2.80. The Kier molecular flexibility index (Phi) is 4.05. The van der Waals surface area contributed by atoms with Crippen LogP contribution >= 0.6 is 23.2 Å². The summed E-state index contributed by atoms with van der Waals surface area (Å²) in [6.07, 6.45) is 1.70. The second-order valence-corrected chi connectivity index (χ2v) is 5.86. The van der Waals surface area contributed by atoms with Crippen molar-refractivity contribution in [1.29, 1.82) is 0 Å². The summed E-state index contributed by atoms with van der Waals surface area (Å²) in [5.74, 6) is -0.0825. The first-order chi connectivity index (χ1) is 10.6. The second-order valence-electron chi connectivity index (χ2n) is 5.05. The third-order valence-electron chi connectivity index (χ3n) is 3.46. The molecule has 3 rings (SSSR count). The lowest BCUT2D eigenvalue weighted by Crippen LogP contribution is -2.26. The summed E-state index contributed by atoms with van der Waals surface area (Å²) < 4.78 is 0. The van der Waals surface area contributed by atoms with E-state index in [2.05, 4.69) is 10.2 Å². The predicted octanol–water partition coefficient (Wildman–Crippen LogP) is 4.14. The monoisotopic (exact) mass is 333 g/mol. The molecule has 6 heteroatoms. The summed E-state index contributed by atoms with van der Waals surface area (Å²) in [6.45, 7) is 0.445. The Balaban J connectivity index is 1.85. The minimum absolute atomic E-state index is 0.0825. The average molecular weight is 334 g/mol. The van der Waals surface area contributed by atoms with Crippen molar-refractivity contribution in [3.05, 3.63) is 63.8 Å². The van der Waals surface area contributed by atoms with Crippen molar-refractivity contribution in [1.82, 2.24) is 15.1 Å². The fourth-order valence-electron chi connectivity index (χ4n) is 2.34. The molecule has 112 valence electrons. The fourth-order valence-corrected chi connectivity index (χ4v) is 2.66. The fraction of sp³-hybridized carbons (Fsp3) is 0.125. The number of hydrogen-bond acceptors (Lipinski definition) is 2. The minimum Gasteiger partial charge on any atom is -0.337 e. The van der Waals surface area contributed by atoms with Crippen LogP contribution in [0.3, 0.4) is 0 Å². The van der Waals surface area contributed by atoms with Crippen LogP contribution in [0, 0.1) is 0 Å².